The fraction of sp³-hybridized carbons (Fsp3) is 0.600. The van der Waals surface area contributed by atoms with E-state index in [1.54, 1.807) is 29.6 Å². The molecule has 1 aliphatic heterocycles. The molecule has 11 nitrogen and oxygen atoms in total. The van der Waals surface area contributed by atoms with Crippen molar-refractivity contribution >= 4 is 23.5 Å². The highest BCUT2D eigenvalue weighted by atomic mass is 16.5. The second-order valence-electron chi connectivity index (χ2n) is 10.8. The number of ether oxygens (including phenoxy) is 2. The van der Waals surface area contributed by atoms with Gasteiger partial charge in [-0.05, 0) is 31.3 Å². The Balaban J connectivity index is 1.79. The molecular formula is C25H36N5O6+. The molecular weight excluding hydrogens is 466 g/mol. The highest BCUT2D eigenvalue weighted by molar-refractivity contribution is 5.96. The Hall–Kier alpha value is -3.18. The van der Waals surface area contributed by atoms with Crippen LogP contribution in [0.25, 0.3) is 11.7 Å². The predicted octanol–water partition coefficient (Wildman–Crippen LogP) is 0.754. The maximum Gasteiger partial charge on any atom is 0.378 e. The first kappa shape index (κ1) is 25.9. The average molecular weight is 503 g/mol. The summed E-state index contributed by atoms with van der Waals surface area (Å²) in [6.45, 7) is 9.78. The van der Waals surface area contributed by atoms with Crippen molar-refractivity contribution in [3.05, 3.63) is 33.3 Å². The summed E-state index contributed by atoms with van der Waals surface area (Å²) in [5.41, 5.74) is 0.347. The summed E-state index contributed by atoms with van der Waals surface area (Å²) in [5, 5.41) is 17.0. The third-order valence-electron chi connectivity index (χ3n) is 6.32. The molecule has 0 unspecified atom stereocenters. The van der Waals surface area contributed by atoms with E-state index in [0.29, 0.717) is 49.8 Å². The number of aryl methyl sites for hydroxylation is 1. The number of morpholine rings is 1. The molecule has 3 heterocycles. The van der Waals surface area contributed by atoms with Crippen LogP contribution >= 0.6 is 0 Å². The number of nitrogens with one attached hydrogen (secondary N) is 2. The van der Waals surface area contributed by atoms with Gasteiger partial charge in [-0.2, -0.15) is 4.57 Å². The maximum atomic E-state index is 13.3. The zero-order valence-corrected chi connectivity index (χ0v) is 21.6. The molecule has 0 bridgehead atoms. The van der Waals surface area contributed by atoms with E-state index in [1.165, 1.54) is 10.6 Å². The molecule has 1 atom stereocenters. The number of aromatic nitrogens is 3. The van der Waals surface area contributed by atoms with Crippen LogP contribution in [0.15, 0.2) is 10.9 Å². The lowest BCUT2D eigenvalue weighted by molar-refractivity contribution is -0.692. The molecule has 196 valence electrons. The van der Waals surface area contributed by atoms with Gasteiger partial charge >= 0.3 is 17.1 Å². The van der Waals surface area contributed by atoms with Crippen LogP contribution in [0.2, 0.25) is 0 Å². The van der Waals surface area contributed by atoms with Crippen LogP contribution in [0.5, 0.6) is 5.88 Å². The minimum atomic E-state index is -0.645. The van der Waals surface area contributed by atoms with E-state index in [4.69, 9.17) is 9.47 Å². The van der Waals surface area contributed by atoms with Gasteiger partial charge in [0.1, 0.15) is 0 Å². The van der Waals surface area contributed by atoms with Crippen molar-refractivity contribution in [1.82, 2.24) is 19.8 Å². The number of carbonyl (C=O) groups excluding carboxylic acids is 2. The minimum absolute atomic E-state index is 0.0325. The normalized spacial score (nSPS) is 18.8. The van der Waals surface area contributed by atoms with Crippen LogP contribution in [-0.4, -0.2) is 77.0 Å². The van der Waals surface area contributed by atoms with Gasteiger partial charge in [0.2, 0.25) is 11.5 Å². The van der Waals surface area contributed by atoms with Gasteiger partial charge in [-0.15, -0.1) is 0 Å². The van der Waals surface area contributed by atoms with Crippen molar-refractivity contribution < 1.29 is 28.7 Å². The zero-order valence-electron chi connectivity index (χ0n) is 21.6. The number of carbonyl (C=O) groups is 2. The van der Waals surface area contributed by atoms with Crippen LogP contribution in [-0.2, 0) is 20.8 Å². The Kier molecular flexibility index (Phi) is 7.24. The first-order chi connectivity index (χ1) is 17.0. The molecule has 2 fully saturated rings. The molecule has 4 rings (SSSR count). The summed E-state index contributed by atoms with van der Waals surface area (Å²) in [6.07, 6.45) is 4.82. The van der Waals surface area contributed by atoms with Gasteiger partial charge in [-0.3, -0.25) is 9.59 Å². The molecule has 1 saturated carbocycles. The molecule has 2 aliphatic rings. The first-order valence-electron chi connectivity index (χ1n) is 12.3. The molecule has 0 aromatic carbocycles. The van der Waals surface area contributed by atoms with Crippen molar-refractivity contribution in [3.63, 3.8) is 0 Å². The van der Waals surface area contributed by atoms with Crippen molar-refractivity contribution in [1.29, 1.82) is 0 Å². The quantitative estimate of drug-likeness (QED) is 0.379. The van der Waals surface area contributed by atoms with Crippen molar-refractivity contribution in [2.45, 2.75) is 59.2 Å². The first-order valence-corrected chi connectivity index (χ1v) is 12.3. The molecule has 0 spiro atoms. The highest BCUT2D eigenvalue weighted by Gasteiger charge is 2.36. The number of nitrogens with zero attached hydrogens (tertiary/aromatic N) is 3. The smallest absolute Gasteiger partial charge is 0.378 e. The predicted molar refractivity (Wildman–Crippen MR) is 132 cm³/mol. The Labute approximate surface area is 209 Å². The Bertz CT molecular complexity index is 1250. The Morgan fingerprint density at radius 2 is 2.06 bits per heavy atom. The lowest BCUT2D eigenvalue weighted by Gasteiger charge is -2.34. The summed E-state index contributed by atoms with van der Waals surface area (Å²) in [4.78, 5) is 41.0. The summed E-state index contributed by atoms with van der Waals surface area (Å²) in [6, 6.07) is -0.153. The Morgan fingerprint density at radius 1 is 1.33 bits per heavy atom. The molecule has 2 amide bonds. The van der Waals surface area contributed by atoms with E-state index in [9.17, 15) is 19.5 Å². The number of H-pyrrole nitrogens is 1. The number of amides is 2. The van der Waals surface area contributed by atoms with E-state index < -0.39 is 11.5 Å². The molecule has 1 saturated heterocycles. The zero-order chi connectivity index (χ0) is 26.2. The van der Waals surface area contributed by atoms with Crippen molar-refractivity contribution in [2.24, 2.45) is 5.41 Å². The van der Waals surface area contributed by atoms with Crippen LogP contribution < -0.4 is 15.4 Å². The second-order valence-corrected chi connectivity index (χ2v) is 10.8. The van der Waals surface area contributed by atoms with Gasteiger partial charge in [0.25, 0.3) is 5.91 Å². The SMILES string of the molecule is COC[C@@H]1COCCN1C(=O)/C=C/c1c(C)[nH]n2c(=O)c(C(=O)NC3CC3)c(O)[n+](CC(C)(C)C)c12. The molecule has 11 heteroatoms. The van der Waals surface area contributed by atoms with Crippen LogP contribution in [0.3, 0.4) is 0 Å². The second kappa shape index (κ2) is 10.1. The van der Waals surface area contributed by atoms with Gasteiger partial charge < -0.3 is 24.8 Å². The number of hydrogen-bond donors (Lipinski definition) is 3. The van der Waals surface area contributed by atoms with E-state index >= 15 is 0 Å². The number of rotatable bonds is 7. The van der Waals surface area contributed by atoms with Gasteiger partial charge in [0.05, 0.1) is 43.7 Å². The largest absolute Gasteiger partial charge is 0.477 e. The van der Waals surface area contributed by atoms with Gasteiger partial charge in [-0.1, -0.05) is 25.3 Å². The lowest BCUT2D eigenvalue weighted by Crippen LogP contribution is -2.50. The molecule has 3 N–H and O–H groups in total. The van der Waals surface area contributed by atoms with Gasteiger partial charge in [0.15, 0.2) is 0 Å². The topological polar surface area (TPSA) is 129 Å². The molecule has 2 aromatic heterocycles. The molecule has 36 heavy (non-hydrogen) atoms. The van der Waals surface area contributed by atoms with Crippen molar-refractivity contribution in [2.75, 3.05) is 33.5 Å². The Morgan fingerprint density at radius 3 is 2.69 bits per heavy atom. The summed E-state index contributed by atoms with van der Waals surface area (Å²) in [5.74, 6) is -1.18. The molecule has 0 radical (unpaired) electrons. The van der Waals surface area contributed by atoms with E-state index in [2.05, 4.69) is 10.4 Å². The lowest BCUT2D eigenvalue weighted by atomic mass is 9.96. The van der Waals surface area contributed by atoms with Crippen LogP contribution in [0.4, 0.5) is 0 Å². The van der Waals surface area contributed by atoms with E-state index in [-0.39, 0.29) is 34.8 Å². The summed E-state index contributed by atoms with van der Waals surface area (Å²) < 4.78 is 13.6. The fourth-order valence-electron chi connectivity index (χ4n) is 4.46. The fourth-order valence-corrected chi connectivity index (χ4v) is 4.46. The summed E-state index contributed by atoms with van der Waals surface area (Å²) in [7, 11) is 1.58. The number of aromatic hydroxyl groups is 1. The van der Waals surface area contributed by atoms with Crippen LogP contribution in [0, 0.1) is 12.3 Å². The molecule has 2 aromatic rings. The highest BCUT2D eigenvalue weighted by Crippen LogP contribution is 2.23. The third-order valence-corrected chi connectivity index (χ3v) is 6.32. The van der Waals surface area contributed by atoms with Gasteiger partial charge in [-0.25, -0.2) is 9.89 Å². The molecule has 1 aliphatic carbocycles. The van der Waals surface area contributed by atoms with Crippen LogP contribution in [0.1, 0.15) is 55.2 Å². The third kappa shape index (κ3) is 5.31. The summed E-state index contributed by atoms with van der Waals surface area (Å²) >= 11 is 0. The monoisotopic (exact) mass is 502 g/mol. The standard InChI is InChI=1S/C25H35N5O6/c1-15-18(8-9-19(31)28-10-11-36-13-17(28)12-35-5)22-29(14-25(2,3)4)23(33)20(24(34)30(22)27-15)21(32)26-16-6-7-16/h8-9,16-17H,6-7,10-14H2,1-5H3,(H2,26,32,33,34)/p+1/b9-8+/t17-/m1/s1. The van der Waals surface area contributed by atoms with Gasteiger partial charge in [0, 0.05) is 25.8 Å². The number of aromatic amines is 1. The van der Waals surface area contributed by atoms with Crippen molar-refractivity contribution in [3.8, 4) is 5.88 Å². The number of methoxy groups -OCH3 is 1. The average Bonchev–Trinajstić information content (AvgIpc) is 3.55. The maximum absolute atomic E-state index is 13.3. The minimum Gasteiger partial charge on any atom is -0.477 e. The number of fused-ring (bicyclic) bond motifs is 1. The van der Waals surface area contributed by atoms with E-state index in [0.717, 1.165) is 12.8 Å². The number of hydrogen-bond acceptors (Lipinski definition) is 6. The van der Waals surface area contributed by atoms with E-state index in [1.807, 2.05) is 20.8 Å².